The fourth-order valence-electron chi connectivity index (χ4n) is 4.34. The molecule has 0 radical (unpaired) electrons. The van der Waals surface area contributed by atoms with Gasteiger partial charge in [-0.15, -0.1) is 0 Å². The van der Waals surface area contributed by atoms with Crippen LogP contribution in [0, 0.1) is 0 Å². The van der Waals surface area contributed by atoms with Crippen molar-refractivity contribution < 1.29 is 19.8 Å². The summed E-state index contributed by atoms with van der Waals surface area (Å²) >= 11 is 0. The van der Waals surface area contributed by atoms with Crippen molar-refractivity contribution in [2.24, 2.45) is 0 Å². The van der Waals surface area contributed by atoms with Crippen LogP contribution in [-0.2, 0) is 12.8 Å². The van der Waals surface area contributed by atoms with E-state index < -0.39 is 11.9 Å². The van der Waals surface area contributed by atoms with Crippen LogP contribution in [0.1, 0.15) is 142 Å². The monoisotopic (exact) mass is 432 g/mol. The SMILES string of the molecule is CCCCCCCCCCCCc1c(CCCCCCC)ccc(C(=O)O)c1C(=O)O. The molecule has 0 heterocycles. The first-order valence-corrected chi connectivity index (χ1v) is 12.6. The van der Waals surface area contributed by atoms with E-state index in [1.54, 1.807) is 0 Å². The summed E-state index contributed by atoms with van der Waals surface area (Å²) in [6.45, 7) is 4.42. The average molecular weight is 433 g/mol. The molecule has 31 heavy (non-hydrogen) atoms. The summed E-state index contributed by atoms with van der Waals surface area (Å²) in [7, 11) is 0. The van der Waals surface area contributed by atoms with E-state index in [1.165, 1.54) is 76.7 Å². The van der Waals surface area contributed by atoms with E-state index in [1.807, 2.05) is 6.07 Å². The second kappa shape index (κ2) is 16.8. The van der Waals surface area contributed by atoms with Crippen LogP contribution in [0.2, 0.25) is 0 Å². The second-order valence-corrected chi connectivity index (χ2v) is 8.83. The number of rotatable bonds is 19. The third-order valence-corrected chi connectivity index (χ3v) is 6.18. The molecule has 0 bridgehead atoms. The number of unbranched alkanes of at least 4 members (excludes halogenated alkanes) is 13. The van der Waals surface area contributed by atoms with Crippen LogP contribution in [0.4, 0.5) is 0 Å². The van der Waals surface area contributed by atoms with Gasteiger partial charge in [0, 0.05) is 0 Å². The molecule has 0 saturated carbocycles. The molecule has 1 aromatic rings. The van der Waals surface area contributed by atoms with E-state index >= 15 is 0 Å². The van der Waals surface area contributed by atoms with Gasteiger partial charge in [-0.25, -0.2) is 9.59 Å². The van der Waals surface area contributed by atoms with Crippen molar-refractivity contribution >= 4 is 11.9 Å². The molecule has 0 aliphatic rings. The first-order valence-electron chi connectivity index (χ1n) is 12.6. The highest BCUT2D eigenvalue weighted by molar-refractivity contribution is 6.03. The number of carboxylic acid groups (broad SMARTS) is 2. The summed E-state index contributed by atoms with van der Waals surface area (Å²) < 4.78 is 0. The predicted molar refractivity (Wildman–Crippen MR) is 128 cm³/mol. The molecular weight excluding hydrogens is 388 g/mol. The van der Waals surface area contributed by atoms with E-state index in [0.29, 0.717) is 6.42 Å². The van der Waals surface area contributed by atoms with Crippen molar-refractivity contribution in [3.63, 3.8) is 0 Å². The summed E-state index contributed by atoms with van der Waals surface area (Å²) in [4.78, 5) is 23.5. The van der Waals surface area contributed by atoms with Gasteiger partial charge in [0.25, 0.3) is 0 Å². The van der Waals surface area contributed by atoms with E-state index in [-0.39, 0.29) is 11.1 Å². The van der Waals surface area contributed by atoms with E-state index in [2.05, 4.69) is 13.8 Å². The molecule has 0 aliphatic carbocycles. The number of aromatic carboxylic acids is 2. The first-order chi connectivity index (χ1) is 15.0. The molecule has 0 unspecified atom stereocenters. The minimum atomic E-state index is -1.16. The lowest BCUT2D eigenvalue weighted by molar-refractivity contribution is 0.0650. The molecule has 2 N–H and O–H groups in total. The molecule has 1 rings (SSSR count). The highest BCUT2D eigenvalue weighted by Gasteiger charge is 2.22. The van der Waals surface area contributed by atoms with Crippen molar-refractivity contribution in [1.29, 1.82) is 0 Å². The lowest BCUT2D eigenvalue weighted by Gasteiger charge is -2.15. The van der Waals surface area contributed by atoms with Gasteiger partial charge in [0.2, 0.25) is 0 Å². The Labute approximate surface area is 189 Å². The summed E-state index contributed by atoms with van der Waals surface area (Å²) in [6.07, 6.45) is 19.5. The Kier molecular flexibility index (Phi) is 14.7. The summed E-state index contributed by atoms with van der Waals surface area (Å²) in [5, 5.41) is 19.2. The van der Waals surface area contributed by atoms with Crippen LogP contribution in [-0.4, -0.2) is 22.2 Å². The average Bonchev–Trinajstić information content (AvgIpc) is 2.74. The summed E-state index contributed by atoms with van der Waals surface area (Å²) in [5.74, 6) is -2.27. The molecule has 0 atom stereocenters. The molecule has 0 fully saturated rings. The third kappa shape index (κ3) is 10.8. The van der Waals surface area contributed by atoms with Gasteiger partial charge in [0.05, 0.1) is 11.1 Å². The number of hydrogen-bond acceptors (Lipinski definition) is 2. The predicted octanol–water partition coefficient (Wildman–Crippen LogP) is 8.06. The van der Waals surface area contributed by atoms with Gasteiger partial charge in [-0.3, -0.25) is 0 Å². The van der Waals surface area contributed by atoms with E-state index in [9.17, 15) is 19.8 Å². The molecule has 1 aromatic carbocycles. The van der Waals surface area contributed by atoms with Gasteiger partial charge >= 0.3 is 11.9 Å². The fraction of sp³-hybridized carbons (Fsp3) is 0.704. The number of aryl methyl sites for hydroxylation is 1. The van der Waals surface area contributed by atoms with Crippen LogP contribution in [0.15, 0.2) is 12.1 Å². The Morgan fingerprint density at radius 3 is 1.52 bits per heavy atom. The molecule has 0 aliphatic heterocycles. The molecule has 0 aromatic heterocycles. The Bertz CT molecular complexity index is 651. The molecule has 0 spiro atoms. The van der Waals surface area contributed by atoms with E-state index in [0.717, 1.165) is 43.2 Å². The van der Waals surface area contributed by atoms with Crippen LogP contribution in [0.3, 0.4) is 0 Å². The Balaban J connectivity index is 2.65. The molecule has 0 amide bonds. The Morgan fingerprint density at radius 1 is 0.613 bits per heavy atom. The van der Waals surface area contributed by atoms with Crippen molar-refractivity contribution in [3.05, 3.63) is 34.4 Å². The molecule has 4 nitrogen and oxygen atoms in total. The summed E-state index contributed by atoms with van der Waals surface area (Å²) in [6, 6.07) is 3.33. The zero-order valence-electron chi connectivity index (χ0n) is 19.9. The number of carboxylic acids is 2. The maximum Gasteiger partial charge on any atom is 0.336 e. The van der Waals surface area contributed by atoms with Crippen molar-refractivity contribution in [2.45, 2.75) is 123 Å². The number of benzene rings is 1. The Morgan fingerprint density at radius 2 is 1.06 bits per heavy atom. The summed E-state index contributed by atoms with van der Waals surface area (Å²) in [5.41, 5.74) is 1.70. The van der Waals surface area contributed by atoms with Crippen molar-refractivity contribution in [2.75, 3.05) is 0 Å². The van der Waals surface area contributed by atoms with Gasteiger partial charge < -0.3 is 10.2 Å². The zero-order valence-corrected chi connectivity index (χ0v) is 19.9. The zero-order chi connectivity index (χ0) is 22.9. The quantitative estimate of drug-likeness (QED) is 0.217. The standard InChI is InChI=1S/C27H44O4/c1-3-5-7-9-10-11-12-13-15-17-19-23-22(18-16-14-8-6-4-2)20-21-24(26(28)29)25(23)27(30)31/h20-21H,3-19H2,1-2H3,(H,28,29)(H,30,31). The third-order valence-electron chi connectivity index (χ3n) is 6.18. The minimum absolute atomic E-state index is 0.00878. The fourth-order valence-corrected chi connectivity index (χ4v) is 4.34. The Hall–Kier alpha value is -1.84. The van der Waals surface area contributed by atoms with Gasteiger partial charge in [0.1, 0.15) is 0 Å². The number of hydrogen-bond donors (Lipinski definition) is 2. The normalized spacial score (nSPS) is 11.0. The van der Waals surface area contributed by atoms with Gasteiger partial charge in [-0.05, 0) is 42.9 Å². The topological polar surface area (TPSA) is 74.6 Å². The van der Waals surface area contributed by atoms with Crippen LogP contribution in [0.5, 0.6) is 0 Å². The van der Waals surface area contributed by atoms with Crippen molar-refractivity contribution in [1.82, 2.24) is 0 Å². The molecule has 4 heteroatoms. The first kappa shape index (κ1) is 27.2. The lowest BCUT2D eigenvalue weighted by atomic mass is 9.89. The maximum atomic E-state index is 11.9. The van der Waals surface area contributed by atoms with Gasteiger partial charge in [0.15, 0.2) is 0 Å². The minimum Gasteiger partial charge on any atom is -0.478 e. The van der Waals surface area contributed by atoms with Gasteiger partial charge in [-0.1, -0.05) is 103 Å². The second-order valence-electron chi connectivity index (χ2n) is 8.83. The van der Waals surface area contributed by atoms with Crippen molar-refractivity contribution in [3.8, 4) is 0 Å². The van der Waals surface area contributed by atoms with Crippen LogP contribution >= 0.6 is 0 Å². The van der Waals surface area contributed by atoms with Crippen LogP contribution < -0.4 is 0 Å². The highest BCUT2D eigenvalue weighted by Crippen LogP contribution is 2.25. The maximum absolute atomic E-state index is 11.9. The number of carbonyl (C=O) groups is 2. The molecule has 0 saturated heterocycles. The molecule has 176 valence electrons. The smallest absolute Gasteiger partial charge is 0.336 e. The van der Waals surface area contributed by atoms with E-state index in [4.69, 9.17) is 0 Å². The lowest BCUT2D eigenvalue weighted by Crippen LogP contribution is -2.14. The van der Waals surface area contributed by atoms with Gasteiger partial charge in [-0.2, -0.15) is 0 Å². The largest absolute Gasteiger partial charge is 0.478 e. The van der Waals surface area contributed by atoms with Crippen LogP contribution in [0.25, 0.3) is 0 Å². The molecular formula is C27H44O4. The highest BCUT2D eigenvalue weighted by atomic mass is 16.4.